The van der Waals surface area contributed by atoms with E-state index >= 15 is 0 Å². The topological polar surface area (TPSA) is 103 Å². The number of fused-ring (bicyclic) bond motifs is 1. The van der Waals surface area contributed by atoms with Crippen LogP contribution >= 0.6 is 0 Å². The Kier molecular flexibility index (Phi) is 6.71. The van der Waals surface area contributed by atoms with Gasteiger partial charge in [-0.3, -0.25) is 19.5 Å². The van der Waals surface area contributed by atoms with Crippen LogP contribution in [0.2, 0.25) is 0 Å². The molecule has 1 fully saturated rings. The van der Waals surface area contributed by atoms with Crippen molar-refractivity contribution in [1.29, 1.82) is 0 Å². The SMILES string of the molecule is CCc1c(C(=O)CN2CCN(S(=O)(=O)c3cccc4cc(C)cnc34)CC2)[nH]c(C)c1C(C)=O. The molecule has 9 heteroatoms. The van der Waals surface area contributed by atoms with Crippen LogP contribution in [0.5, 0.6) is 0 Å². The Bertz CT molecular complexity index is 1370. The Balaban J connectivity index is 1.48. The molecule has 1 N–H and O–H groups in total. The maximum absolute atomic E-state index is 13.4. The number of aryl methyl sites for hydroxylation is 2. The molecule has 2 aromatic heterocycles. The number of hydrogen-bond acceptors (Lipinski definition) is 6. The zero-order valence-corrected chi connectivity index (χ0v) is 20.8. The number of aromatic amines is 1. The van der Waals surface area contributed by atoms with Gasteiger partial charge in [0, 0.05) is 49.0 Å². The lowest BCUT2D eigenvalue weighted by Gasteiger charge is -2.33. The highest BCUT2D eigenvalue weighted by molar-refractivity contribution is 7.89. The summed E-state index contributed by atoms with van der Waals surface area (Å²) < 4.78 is 28.2. The van der Waals surface area contributed by atoms with Crippen LogP contribution < -0.4 is 0 Å². The van der Waals surface area contributed by atoms with Crippen LogP contribution in [0, 0.1) is 13.8 Å². The number of rotatable bonds is 7. The second-order valence-electron chi connectivity index (χ2n) is 8.83. The number of para-hydroxylation sites is 1. The second kappa shape index (κ2) is 9.40. The number of piperazine rings is 1. The van der Waals surface area contributed by atoms with Crippen LogP contribution in [0.3, 0.4) is 0 Å². The highest BCUT2D eigenvalue weighted by Gasteiger charge is 2.31. The molecule has 0 atom stereocenters. The quantitative estimate of drug-likeness (QED) is 0.519. The maximum Gasteiger partial charge on any atom is 0.245 e. The molecule has 0 bridgehead atoms. The van der Waals surface area contributed by atoms with Crippen LogP contribution in [0.25, 0.3) is 10.9 Å². The van der Waals surface area contributed by atoms with Crippen molar-refractivity contribution in [2.75, 3.05) is 32.7 Å². The van der Waals surface area contributed by atoms with E-state index in [9.17, 15) is 18.0 Å². The molecular weight excluding hydrogens is 452 g/mol. The summed E-state index contributed by atoms with van der Waals surface area (Å²) in [4.78, 5) is 34.7. The summed E-state index contributed by atoms with van der Waals surface area (Å²) in [6.45, 7) is 8.82. The van der Waals surface area contributed by atoms with Crippen molar-refractivity contribution in [2.24, 2.45) is 0 Å². The number of nitrogens with one attached hydrogen (secondary N) is 1. The Morgan fingerprint density at radius 1 is 1.12 bits per heavy atom. The minimum Gasteiger partial charge on any atom is -0.355 e. The maximum atomic E-state index is 13.4. The highest BCUT2D eigenvalue weighted by Crippen LogP contribution is 2.26. The lowest BCUT2D eigenvalue weighted by atomic mass is 10.0. The van der Waals surface area contributed by atoms with Crippen molar-refractivity contribution in [3.63, 3.8) is 0 Å². The molecule has 0 spiro atoms. The molecule has 0 unspecified atom stereocenters. The first-order chi connectivity index (χ1) is 16.1. The van der Waals surface area contributed by atoms with E-state index in [2.05, 4.69) is 9.97 Å². The Morgan fingerprint density at radius 2 is 1.82 bits per heavy atom. The summed E-state index contributed by atoms with van der Waals surface area (Å²) in [5, 5.41) is 0.795. The van der Waals surface area contributed by atoms with E-state index in [0.29, 0.717) is 55.1 Å². The molecule has 0 amide bonds. The monoisotopic (exact) mass is 482 g/mol. The van der Waals surface area contributed by atoms with Gasteiger partial charge in [-0.05, 0) is 50.5 Å². The normalized spacial score (nSPS) is 15.6. The molecule has 1 aliphatic rings. The lowest BCUT2D eigenvalue weighted by molar-refractivity contribution is 0.0896. The summed E-state index contributed by atoms with van der Waals surface area (Å²) in [7, 11) is -3.71. The number of carbonyl (C=O) groups excluding carboxylic acids is 2. The summed E-state index contributed by atoms with van der Waals surface area (Å²) >= 11 is 0. The zero-order valence-electron chi connectivity index (χ0n) is 20.0. The van der Waals surface area contributed by atoms with Crippen LogP contribution in [-0.4, -0.2) is 71.9 Å². The number of pyridine rings is 1. The predicted molar refractivity (Wildman–Crippen MR) is 131 cm³/mol. The molecule has 0 aliphatic carbocycles. The summed E-state index contributed by atoms with van der Waals surface area (Å²) in [6.07, 6.45) is 2.26. The minimum absolute atomic E-state index is 0.0541. The number of carbonyl (C=O) groups is 2. The first-order valence-corrected chi connectivity index (χ1v) is 12.9. The Labute approximate surface area is 200 Å². The van der Waals surface area contributed by atoms with Crippen LogP contribution in [0.15, 0.2) is 35.4 Å². The van der Waals surface area contributed by atoms with Gasteiger partial charge in [0.2, 0.25) is 10.0 Å². The molecule has 180 valence electrons. The van der Waals surface area contributed by atoms with E-state index in [-0.39, 0.29) is 23.0 Å². The predicted octanol–water partition coefficient (Wildman–Crippen LogP) is 3.13. The molecule has 3 heterocycles. The van der Waals surface area contributed by atoms with Crippen LogP contribution in [0.1, 0.15) is 51.5 Å². The van der Waals surface area contributed by atoms with E-state index in [1.807, 2.05) is 30.9 Å². The average Bonchev–Trinajstić information content (AvgIpc) is 3.15. The van der Waals surface area contributed by atoms with Crippen molar-refractivity contribution in [3.8, 4) is 0 Å². The van der Waals surface area contributed by atoms with Gasteiger partial charge in [-0.1, -0.05) is 19.1 Å². The third-order valence-corrected chi connectivity index (χ3v) is 8.33. The van der Waals surface area contributed by atoms with Crippen molar-refractivity contribution < 1.29 is 18.0 Å². The molecule has 3 aromatic rings. The number of benzene rings is 1. The van der Waals surface area contributed by atoms with Crippen molar-refractivity contribution in [2.45, 2.75) is 39.0 Å². The third-order valence-electron chi connectivity index (χ3n) is 6.40. The number of sulfonamides is 1. The molecule has 8 nitrogen and oxygen atoms in total. The van der Waals surface area contributed by atoms with E-state index in [1.54, 1.807) is 25.3 Å². The number of hydrogen-bond donors (Lipinski definition) is 1. The number of H-pyrrole nitrogens is 1. The number of Topliss-reactive ketones (excluding diaryl/α,β-unsaturated/α-hetero) is 2. The van der Waals surface area contributed by atoms with Crippen molar-refractivity contribution in [1.82, 2.24) is 19.2 Å². The average molecular weight is 483 g/mol. The smallest absolute Gasteiger partial charge is 0.245 e. The van der Waals surface area contributed by atoms with Gasteiger partial charge in [0.05, 0.1) is 17.8 Å². The van der Waals surface area contributed by atoms with E-state index in [1.165, 1.54) is 11.2 Å². The van der Waals surface area contributed by atoms with Gasteiger partial charge < -0.3 is 4.98 Å². The molecule has 0 radical (unpaired) electrons. The molecule has 4 rings (SSSR count). The first kappa shape index (κ1) is 24.3. The largest absolute Gasteiger partial charge is 0.355 e. The fourth-order valence-electron chi connectivity index (χ4n) is 4.75. The highest BCUT2D eigenvalue weighted by atomic mass is 32.2. The van der Waals surface area contributed by atoms with Gasteiger partial charge in [-0.25, -0.2) is 8.42 Å². The minimum atomic E-state index is -3.71. The molecule has 1 aromatic carbocycles. The molecule has 34 heavy (non-hydrogen) atoms. The zero-order chi connectivity index (χ0) is 24.6. The first-order valence-electron chi connectivity index (χ1n) is 11.5. The number of aromatic nitrogens is 2. The van der Waals surface area contributed by atoms with Crippen molar-refractivity contribution in [3.05, 3.63) is 58.5 Å². The van der Waals surface area contributed by atoms with Gasteiger partial charge in [-0.2, -0.15) is 4.31 Å². The van der Waals surface area contributed by atoms with Gasteiger partial charge in [-0.15, -0.1) is 0 Å². The number of nitrogens with zero attached hydrogens (tertiary/aromatic N) is 3. The molecular formula is C25H30N4O4S. The molecule has 0 saturated carbocycles. The summed E-state index contributed by atoms with van der Waals surface area (Å²) in [6, 6.07) is 7.13. The summed E-state index contributed by atoms with van der Waals surface area (Å²) in [5.74, 6) is -0.140. The van der Waals surface area contributed by atoms with Gasteiger partial charge >= 0.3 is 0 Å². The second-order valence-corrected chi connectivity index (χ2v) is 10.7. The van der Waals surface area contributed by atoms with E-state index in [4.69, 9.17) is 0 Å². The van der Waals surface area contributed by atoms with E-state index < -0.39 is 10.0 Å². The fraction of sp³-hybridized carbons (Fsp3) is 0.400. The van der Waals surface area contributed by atoms with Crippen LogP contribution in [-0.2, 0) is 16.4 Å². The Morgan fingerprint density at radius 3 is 2.47 bits per heavy atom. The van der Waals surface area contributed by atoms with Crippen LogP contribution in [0.4, 0.5) is 0 Å². The van der Waals surface area contributed by atoms with E-state index in [0.717, 1.165) is 16.5 Å². The third kappa shape index (κ3) is 4.43. The van der Waals surface area contributed by atoms with Crippen molar-refractivity contribution >= 4 is 32.5 Å². The standard InChI is InChI=1S/C25H30N4O4S/c1-5-20-23(18(4)30)17(3)27-25(20)21(31)15-28-9-11-29(12-10-28)34(32,33)22-8-6-7-19-13-16(2)14-26-24(19)22/h6-8,13-14,27H,5,9-12,15H2,1-4H3. The molecule has 1 saturated heterocycles. The molecule has 1 aliphatic heterocycles. The Hall–Kier alpha value is -2.88. The van der Waals surface area contributed by atoms with Gasteiger partial charge in [0.1, 0.15) is 4.90 Å². The fourth-order valence-corrected chi connectivity index (χ4v) is 6.33. The van der Waals surface area contributed by atoms with Gasteiger partial charge in [0.15, 0.2) is 11.6 Å². The lowest BCUT2D eigenvalue weighted by Crippen LogP contribution is -2.49. The number of ketones is 2. The van der Waals surface area contributed by atoms with Gasteiger partial charge in [0.25, 0.3) is 0 Å². The summed E-state index contributed by atoms with van der Waals surface area (Å²) in [5.41, 5.74) is 4.00.